The molecule has 1 saturated heterocycles. The predicted octanol–water partition coefficient (Wildman–Crippen LogP) is 1.02. The van der Waals surface area contributed by atoms with E-state index in [9.17, 15) is 22.4 Å². The molecular formula is C15H18FNO5S. The highest BCUT2D eigenvalue weighted by molar-refractivity contribution is 7.91. The van der Waals surface area contributed by atoms with Gasteiger partial charge in [0.1, 0.15) is 5.82 Å². The molecule has 0 N–H and O–H groups in total. The molecule has 1 aliphatic rings. The molecule has 2 atom stereocenters. The fraction of sp³-hybridized carbons (Fsp3) is 0.467. The Bertz CT molecular complexity index is 718. The van der Waals surface area contributed by atoms with Gasteiger partial charge in [0.05, 0.1) is 17.1 Å². The van der Waals surface area contributed by atoms with Crippen LogP contribution in [0.25, 0.3) is 0 Å². The highest BCUT2D eigenvalue weighted by Gasteiger charge is 2.35. The maximum atomic E-state index is 13.5. The molecule has 2 rings (SSSR count). The summed E-state index contributed by atoms with van der Waals surface area (Å²) in [5.41, 5.74) is -0.252. The quantitative estimate of drug-likeness (QED) is 0.763. The van der Waals surface area contributed by atoms with Crippen molar-refractivity contribution in [2.24, 2.45) is 0 Å². The van der Waals surface area contributed by atoms with Gasteiger partial charge in [-0.2, -0.15) is 0 Å². The molecule has 1 aliphatic heterocycles. The number of rotatable bonds is 4. The highest BCUT2D eigenvalue weighted by Crippen LogP contribution is 2.18. The molecule has 1 heterocycles. The lowest BCUT2D eigenvalue weighted by molar-refractivity contribution is -0.140. The summed E-state index contributed by atoms with van der Waals surface area (Å²) >= 11 is 0. The van der Waals surface area contributed by atoms with Crippen molar-refractivity contribution < 1.29 is 27.1 Å². The monoisotopic (exact) mass is 343 g/mol. The minimum atomic E-state index is -3.12. The molecule has 1 fully saturated rings. The van der Waals surface area contributed by atoms with Gasteiger partial charge in [-0.3, -0.25) is 4.79 Å². The second-order valence-corrected chi connectivity index (χ2v) is 7.76. The molecule has 1 aromatic rings. The maximum Gasteiger partial charge on any atom is 0.341 e. The number of likely N-dealkylation sites (N-methyl/N-ethyl adjacent to an activating group) is 1. The molecule has 0 aliphatic carbocycles. The summed E-state index contributed by atoms with van der Waals surface area (Å²) in [4.78, 5) is 25.4. The Hall–Kier alpha value is -1.96. The minimum absolute atomic E-state index is 0.0404. The normalized spacial score (nSPS) is 20.7. The molecule has 0 saturated carbocycles. The van der Waals surface area contributed by atoms with Crippen molar-refractivity contribution in [3.63, 3.8) is 0 Å². The summed E-state index contributed by atoms with van der Waals surface area (Å²) in [7, 11) is -1.65. The van der Waals surface area contributed by atoms with Gasteiger partial charge >= 0.3 is 5.97 Å². The molecule has 126 valence electrons. The number of carbonyl (C=O) groups is 2. The van der Waals surface area contributed by atoms with E-state index in [2.05, 4.69) is 0 Å². The summed E-state index contributed by atoms with van der Waals surface area (Å²) in [6.07, 6.45) is -0.770. The number of hydrogen-bond acceptors (Lipinski definition) is 5. The van der Waals surface area contributed by atoms with Crippen molar-refractivity contribution in [1.29, 1.82) is 0 Å². The van der Waals surface area contributed by atoms with Crippen molar-refractivity contribution >= 4 is 21.7 Å². The van der Waals surface area contributed by atoms with Crippen LogP contribution >= 0.6 is 0 Å². The van der Waals surface area contributed by atoms with Gasteiger partial charge in [0, 0.05) is 13.1 Å². The predicted molar refractivity (Wildman–Crippen MR) is 81.1 cm³/mol. The van der Waals surface area contributed by atoms with Crippen molar-refractivity contribution in [3.8, 4) is 0 Å². The molecular weight excluding hydrogens is 325 g/mol. The number of halogens is 1. The number of nitrogens with zero attached hydrogens (tertiary/aromatic N) is 1. The molecule has 0 unspecified atom stereocenters. The van der Waals surface area contributed by atoms with E-state index in [4.69, 9.17) is 4.74 Å². The molecule has 6 nitrogen and oxygen atoms in total. The zero-order chi connectivity index (χ0) is 17.2. The Morgan fingerprint density at radius 1 is 1.35 bits per heavy atom. The summed E-state index contributed by atoms with van der Waals surface area (Å²) < 4.78 is 41.5. The standard InChI is InChI=1S/C15H18FNO5S/c1-10(22-15(19)12-5-3-4-6-13(12)16)14(18)17(2)11-7-8-23(20,21)9-11/h3-6,10-11H,7-9H2,1-2H3/t10-,11+/m1/s1. The summed E-state index contributed by atoms with van der Waals surface area (Å²) in [6.45, 7) is 1.38. The summed E-state index contributed by atoms with van der Waals surface area (Å²) in [6, 6.07) is 4.89. The van der Waals surface area contributed by atoms with Gasteiger partial charge in [-0.15, -0.1) is 0 Å². The smallest absolute Gasteiger partial charge is 0.341 e. The first-order chi connectivity index (χ1) is 10.7. The third kappa shape index (κ3) is 4.07. The van der Waals surface area contributed by atoms with Crippen molar-refractivity contribution in [3.05, 3.63) is 35.6 Å². The van der Waals surface area contributed by atoms with Crippen LogP contribution < -0.4 is 0 Å². The van der Waals surface area contributed by atoms with Crippen molar-refractivity contribution in [2.75, 3.05) is 18.6 Å². The molecule has 0 bridgehead atoms. The Balaban J connectivity index is 2.00. The SMILES string of the molecule is C[C@@H](OC(=O)c1ccccc1F)C(=O)N(C)[C@H]1CCS(=O)(=O)C1. The van der Waals surface area contributed by atoms with E-state index in [1.165, 1.54) is 37.1 Å². The van der Waals surface area contributed by atoms with E-state index in [0.717, 1.165) is 6.07 Å². The van der Waals surface area contributed by atoms with Crippen LogP contribution in [0.3, 0.4) is 0 Å². The first-order valence-corrected chi connectivity index (χ1v) is 8.96. The first kappa shape index (κ1) is 17.4. The molecule has 1 amide bonds. The molecule has 1 aromatic carbocycles. The molecule has 0 aromatic heterocycles. The van der Waals surface area contributed by atoms with Gasteiger partial charge in [0.15, 0.2) is 15.9 Å². The summed E-state index contributed by atoms with van der Waals surface area (Å²) in [5.74, 6) is -2.23. The first-order valence-electron chi connectivity index (χ1n) is 7.14. The van der Waals surface area contributed by atoms with Gasteiger partial charge in [-0.1, -0.05) is 12.1 Å². The van der Waals surface area contributed by atoms with Gasteiger partial charge in [-0.25, -0.2) is 17.6 Å². The number of sulfone groups is 1. The van der Waals surface area contributed by atoms with Crippen molar-refractivity contribution in [1.82, 2.24) is 4.90 Å². The van der Waals surface area contributed by atoms with Crippen LogP contribution in [0.2, 0.25) is 0 Å². The number of benzene rings is 1. The van der Waals surface area contributed by atoms with E-state index >= 15 is 0 Å². The number of esters is 1. The van der Waals surface area contributed by atoms with Crippen LogP contribution in [0.4, 0.5) is 4.39 Å². The average Bonchev–Trinajstić information content (AvgIpc) is 2.86. The van der Waals surface area contributed by atoms with Gasteiger partial charge < -0.3 is 9.64 Å². The van der Waals surface area contributed by atoms with Crippen LogP contribution in [-0.4, -0.2) is 55.9 Å². The third-order valence-corrected chi connectivity index (χ3v) is 5.58. The molecule has 0 spiro atoms. The lowest BCUT2D eigenvalue weighted by atomic mass is 10.2. The maximum absolute atomic E-state index is 13.5. The zero-order valence-corrected chi connectivity index (χ0v) is 13.7. The van der Waals surface area contributed by atoms with E-state index in [0.29, 0.717) is 6.42 Å². The fourth-order valence-electron chi connectivity index (χ4n) is 2.45. The van der Waals surface area contributed by atoms with Crippen LogP contribution in [0, 0.1) is 5.82 Å². The number of ether oxygens (including phenoxy) is 1. The Kier molecular flexibility index (Phi) is 5.03. The Morgan fingerprint density at radius 2 is 2.00 bits per heavy atom. The van der Waals surface area contributed by atoms with Gasteiger partial charge in [0.2, 0.25) is 0 Å². The van der Waals surface area contributed by atoms with Crippen LogP contribution in [0.15, 0.2) is 24.3 Å². The van der Waals surface area contributed by atoms with Crippen LogP contribution in [0.1, 0.15) is 23.7 Å². The number of amides is 1. The zero-order valence-electron chi connectivity index (χ0n) is 12.9. The molecule has 8 heteroatoms. The van der Waals surface area contributed by atoms with Crippen molar-refractivity contribution in [2.45, 2.75) is 25.5 Å². The van der Waals surface area contributed by atoms with E-state index in [1.54, 1.807) is 0 Å². The second kappa shape index (κ2) is 6.66. The topological polar surface area (TPSA) is 80.8 Å². The van der Waals surface area contributed by atoms with Crippen LogP contribution in [0.5, 0.6) is 0 Å². The lowest BCUT2D eigenvalue weighted by Crippen LogP contribution is -2.44. The minimum Gasteiger partial charge on any atom is -0.449 e. The van der Waals surface area contributed by atoms with E-state index in [1.807, 2.05) is 0 Å². The largest absolute Gasteiger partial charge is 0.449 e. The number of carbonyl (C=O) groups excluding carboxylic acids is 2. The average molecular weight is 343 g/mol. The lowest BCUT2D eigenvalue weighted by Gasteiger charge is -2.26. The van der Waals surface area contributed by atoms with Gasteiger partial charge in [-0.05, 0) is 25.5 Å². The molecule has 0 radical (unpaired) electrons. The van der Waals surface area contributed by atoms with E-state index in [-0.39, 0.29) is 17.1 Å². The van der Waals surface area contributed by atoms with Gasteiger partial charge in [0.25, 0.3) is 5.91 Å². The highest BCUT2D eigenvalue weighted by atomic mass is 32.2. The number of hydrogen-bond donors (Lipinski definition) is 0. The summed E-state index contributed by atoms with van der Waals surface area (Å²) in [5, 5.41) is 0. The second-order valence-electron chi connectivity index (χ2n) is 5.53. The molecule has 23 heavy (non-hydrogen) atoms. The third-order valence-electron chi connectivity index (χ3n) is 3.83. The van der Waals surface area contributed by atoms with Crippen LogP contribution in [-0.2, 0) is 19.4 Å². The fourth-order valence-corrected chi connectivity index (χ4v) is 4.22. The Labute approximate surface area is 134 Å². The Morgan fingerprint density at radius 3 is 2.57 bits per heavy atom. The van der Waals surface area contributed by atoms with E-state index < -0.39 is 39.7 Å².